The van der Waals surface area contributed by atoms with E-state index in [0.29, 0.717) is 29.9 Å². The Morgan fingerprint density at radius 2 is 1.88 bits per heavy atom. The van der Waals surface area contributed by atoms with Crippen LogP contribution >= 0.6 is 23.2 Å². The summed E-state index contributed by atoms with van der Waals surface area (Å²) in [5.41, 5.74) is 1.61. The largest absolute Gasteiger partial charge is 0.488 e. The lowest BCUT2D eigenvalue weighted by Crippen LogP contribution is -2.21. The van der Waals surface area contributed by atoms with Crippen LogP contribution in [-0.4, -0.2) is 26.1 Å². The predicted molar refractivity (Wildman–Crippen MR) is 65.4 cm³/mol. The van der Waals surface area contributed by atoms with Crippen molar-refractivity contribution in [2.75, 3.05) is 19.8 Å². The predicted octanol–water partition coefficient (Wildman–Crippen LogP) is 3.06. The van der Waals surface area contributed by atoms with Crippen LogP contribution in [0.5, 0.6) is 5.75 Å². The zero-order valence-electron chi connectivity index (χ0n) is 8.91. The van der Waals surface area contributed by atoms with Gasteiger partial charge in [0, 0.05) is 16.2 Å². The second kappa shape index (κ2) is 4.50. The second-order valence-electron chi connectivity index (χ2n) is 3.84. The van der Waals surface area contributed by atoms with Gasteiger partial charge in [0.1, 0.15) is 12.4 Å². The fourth-order valence-electron chi connectivity index (χ4n) is 1.92. The molecular formula is C12H10Cl2O3. The van der Waals surface area contributed by atoms with Crippen LogP contribution < -0.4 is 4.74 Å². The lowest BCUT2D eigenvalue weighted by atomic mass is 10.1. The van der Waals surface area contributed by atoms with Crippen molar-refractivity contribution < 1.29 is 14.2 Å². The lowest BCUT2D eigenvalue weighted by Gasteiger charge is -2.23. The summed E-state index contributed by atoms with van der Waals surface area (Å²) in [6.07, 6.45) is -0.394. The van der Waals surface area contributed by atoms with Crippen LogP contribution in [0.2, 0.25) is 5.02 Å². The highest BCUT2D eigenvalue weighted by atomic mass is 35.5. The molecule has 0 aromatic heterocycles. The molecule has 0 atom stereocenters. The van der Waals surface area contributed by atoms with E-state index in [0.717, 1.165) is 16.9 Å². The molecule has 1 saturated heterocycles. The number of hydrogen-bond donors (Lipinski definition) is 0. The first-order chi connectivity index (χ1) is 8.25. The molecule has 2 aliphatic rings. The molecule has 1 fully saturated rings. The Balaban J connectivity index is 2.03. The standard InChI is InChI=1S/C12H10Cl2O3/c13-7-1-2-10-8(5-7)11(14)9(6-17-10)12-15-3-4-16-12/h1-2,5,12H,3-4,6H2. The quantitative estimate of drug-likeness (QED) is 0.787. The summed E-state index contributed by atoms with van der Waals surface area (Å²) in [7, 11) is 0. The topological polar surface area (TPSA) is 27.7 Å². The average Bonchev–Trinajstić information content (AvgIpc) is 2.84. The third-order valence-electron chi connectivity index (χ3n) is 2.75. The van der Waals surface area contributed by atoms with Crippen LogP contribution in [0.3, 0.4) is 0 Å². The summed E-state index contributed by atoms with van der Waals surface area (Å²) in [6, 6.07) is 5.37. The molecule has 0 bridgehead atoms. The maximum absolute atomic E-state index is 6.35. The minimum absolute atomic E-state index is 0.387. The highest BCUT2D eigenvalue weighted by Gasteiger charge is 2.28. The van der Waals surface area contributed by atoms with Crippen molar-refractivity contribution in [2.24, 2.45) is 0 Å². The van der Waals surface area contributed by atoms with Gasteiger partial charge in [-0.05, 0) is 18.2 Å². The number of halogens is 2. The van der Waals surface area contributed by atoms with Gasteiger partial charge in [0.2, 0.25) is 0 Å². The van der Waals surface area contributed by atoms with E-state index in [4.69, 9.17) is 37.4 Å². The first kappa shape index (κ1) is 11.4. The number of hydrogen-bond acceptors (Lipinski definition) is 3. The highest BCUT2D eigenvalue weighted by Crippen LogP contribution is 2.39. The van der Waals surface area contributed by atoms with Gasteiger partial charge in [-0.2, -0.15) is 0 Å². The van der Waals surface area contributed by atoms with Gasteiger partial charge in [0.05, 0.1) is 18.2 Å². The molecule has 1 aromatic rings. The van der Waals surface area contributed by atoms with E-state index >= 15 is 0 Å². The summed E-state index contributed by atoms with van der Waals surface area (Å²) < 4.78 is 16.5. The number of benzene rings is 1. The molecule has 0 amide bonds. The van der Waals surface area contributed by atoms with E-state index in [-0.39, 0.29) is 0 Å². The Morgan fingerprint density at radius 3 is 2.65 bits per heavy atom. The van der Waals surface area contributed by atoms with Crippen molar-refractivity contribution in [1.82, 2.24) is 0 Å². The van der Waals surface area contributed by atoms with E-state index in [9.17, 15) is 0 Å². The van der Waals surface area contributed by atoms with Crippen LogP contribution in [0.15, 0.2) is 23.8 Å². The van der Waals surface area contributed by atoms with Crippen molar-refractivity contribution in [2.45, 2.75) is 6.29 Å². The molecule has 2 aliphatic heterocycles. The van der Waals surface area contributed by atoms with Gasteiger partial charge in [-0.25, -0.2) is 0 Å². The Kier molecular flexibility index (Phi) is 3.01. The molecule has 2 heterocycles. The average molecular weight is 273 g/mol. The van der Waals surface area contributed by atoms with Gasteiger partial charge in [-0.3, -0.25) is 0 Å². The fourth-order valence-corrected chi connectivity index (χ4v) is 2.39. The van der Waals surface area contributed by atoms with Crippen LogP contribution in [0.4, 0.5) is 0 Å². The van der Waals surface area contributed by atoms with E-state index < -0.39 is 6.29 Å². The van der Waals surface area contributed by atoms with Crippen molar-refractivity contribution in [3.63, 3.8) is 0 Å². The van der Waals surface area contributed by atoms with Gasteiger partial charge in [-0.15, -0.1) is 0 Å². The molecule has 1 aromatic carbocycles. The van der Waals surface area contributed by atoms with Crippen LogP contribution in [0, 0.1) is 0 Å². The maximum Gasteiger partial charge on any atom is 0.185 e. The minimum atomic E-state index is -0.394. The molecule has 5 heteroatoms. The summed E-state index contributed by atoms with van der Waals surface area (Å²) in [5, 5.41) is 1.24. The Morgan fingerprint density at radius 1 is 1.12 bits per heavy atom. The number of fused-ring (bicyclic) bond motifs is 1. The SMILES string of the molecule is ClC1=C(C2OCCO2)COc2ccc(Cl)cc21. The third kappa shape index (κ3) is 2.04. The molecular weight excluding hydrogens is 263 g/mol. The molecule has 0 N–H and O–H groups in total. The van der Waals surface area contributed by atoms with Crippen molar-refractivity contribution >= 4 is 28.2 Å². The molecule has 90 valence electrons. The normalized spacial score (nSPS) is 20.4. The van der Waals surface area contributed by atoms with Crippen molar-refractivity contribution in [1.29, 1.82) is 0 Å². The van der Waals surface area contributed by atoms with E-state index in [1.807, 2.05) is 6.07 Å². The number of rotatable bonds is 1. The van der Waals surface area contributed by atoms with Gasteiger partial charge in [0.25, 0.3) is 0 Å². The molecule has 0 aliphatic carbocycles. The van der Waals surface area contributed by atoms with E-state index in [1.54, 1.807) is 12.1 Å². The highest BCUT2D eigenvalue weighted by molar-refractivity contribution is 6.50. The molecule has 17 heavy (non-hydrogen) atoms. The minimum Gasteiger partial charge on any atom is -0.488 e. The summed E-state index contributed by atoms with van der Waals surface area (Å²) in [4.78, 5) is 0. The lowest BCUT2D eigenvalue weighted by molar-refractivity contribution is -0.0164. The van der Waals surface area contributed by atoms with Crippen LogP contribution in [0.25, 0.3) is 5.03 Å². The Bertz CT molecular complexity index is 479. The summed E-state index contributed by atoms with van der Waals surface area (Å²) >= 11 is 12.3. The fraction of sp³-hybridized carbons (Fsp3) is 0.333. The molecule has 0 spiro atoms. The maximum atomic E-state index is 6.35. The van der Waals surface area contributed by atoms with Crippen molar-refractivity contribution in [3.8, 4) is 5.75 Å². The molecule has 0 unspecified atom stereocenters. The number of ether oxygens (including phenoxy) is 3. The van der Waals surface area contributed by atoms with Gasteiger partial charge >= 0.3 is 0 Å². The van der Waals surface area contributed by atoms with Crippen molar-refractivity contribution in [3.05, 3.63) is 34.4 Å². The zero-order chi connectivity index (χ0) is 11.8. The Hall–Kier alpha value is -0.740. The van der Waals surface area contributed by atoms with Crippen LogP contribution in [0.1, 0.15) is 5.56 Å². The molecule has 3 rings (SSSR count). The molecule has 0 radical (unpaired) electrons. The summed E-state index contributed by atoms with van der Waals surface area (Å²) in [5.74, 6) is 0.737. The smallest absolute Gasteiger partial charge is 0.185 e. The first-order valence-corrected chi connectivity index (χ1v) is 6.06. The molecule has 0 saturated carbocycles. The Labute approximate surface area is 109 Å². The van der Waals surface area contributed by atoms with Gasteiger partial charge < -0.3 is 14.2 Å². The van der Waals surface area contributed by atoms with Crippen LogP contribution in [-0.2, 0) is 9.47 Å². The van der Waals surface area contributed by atoms with E-state index in [1.165, 1.54) is 0 Å². The molecule has 3 nitrogen and oxygen atoms in total. The second-order valence-corrected chi connectivity index (χ2v) is 4.66. The first-order valence-electron chi connectivity index (χ1n) is 5.30. The summed E-state index contributed by atoms with van der Waals surface area (Å²) in [6.45, 7) is 1.56. The van der Waals surface area contributed by atoms with Gasteiger partial charge in [0.15, 0.2) is 6.29 Å². The third-order valence-corrected chi connectivity index (χ3v) is 3.43. The zero-order valence-corrected chi connectivity index (χ0v) is 10.4. The van der Waals surface area contributed by atoms with E-state index in [2.05, 4.69) is 0 Å². The van der Waals surface area contributed by atoms with Gasteiger partial charge in [-0.1, -0.05) is 23.2 Å². The monoisotopic (exact) mass is 272 g/mol.